The van der Waals surface area contributed by atoms with Crippen LogP contribution >= 0.6 is 0 Å². The van der Waals surface area contributed by atoms with Crippen LogP contribution < -0.4 is 5.19 Å². The van der Waals surface area contributed by atoms with Gasteiger partial charge in [-0.1, -0.05) is 163 Å². The first-order valence-corrected chi connectivity index (χ1v) is 24.7. The van der Waals surface area contributed by atoms with Crippen LogP contribution in [0.1, 0.15) is 77.0 Å². The van der Waals surface area contributed by atoms with E-state index < -0.39 is 8.07 Å². The summed E-state index contributed by atoms with van der Waals surface area (Å²) in [7, 11) is -1.36. The molecule has 0 N–H and O–H groups in total. The maximum absolute atomic E-state index is 6.42. The Morgan fingerprint density at radius 1 is 0.721 bits per heavy atom. The van der Waals surface area contributed by atoms with Crippen LogP contribution in [0.4, 0.5) is 0 Å². The van der Waals surface area contributed by atoms with E-state index in [2.05, 4.69) is 194 Å². The fraction of sp³-hybridized carbons (Fsp3) is 0.236. The maximum atomic E-state index is 6.42. The second-order valence-electron chi connectivity index (χ2n) is 18.6. The van der Waals surface area contributed by atoms with Gasteiger partial charge in [0, 0.05) is 42.9 Å². The topological polar surface area (TPSA) is 43.9 Å². The first-order chi connectivity index (χ1) is 28.7. The number of fused-ring (bicyclic) bond motifs is 4. The van der Waals surface area contributed by atoms with Crippen LogP contribution in [0.25, 0.3) is 72.4 Å². The molecule has 61 heavy (non-hydrogen) atoms. The number of furan rings is 1. The summed E-state index contributed by atoms with van der Waals surface area (Å²) in [4.78, 5) is 9.89. The van der Waals surface area contributed by atoms with Crippen molar-refractivity contribution >= 4 is 46.2 Å². The molecule has 0 fully saturated rings. The number of hydrogen-bond donors (Lipinski definition) is 0. The zero-order valence-corrected chi connectivity index (χ0v) is 40.4. The largest absolute Gasteiger partial charge is 0.501 e. The van der Waals surface area contributed by atoms with Crippen molar-refractivity contribution in [1.82, 2.24) is 14.5 Å². The summed E-state index contributed by atoms with van der Waals surface area (Å²) >= 11 is 0. The zero-order valence-electron chi connectivity index (χ0n) is 37.0. The van der Waals surface area contributed by atoms with Gasteiger partial charge in [0.05, 0.1) is 30.5 Å². The van der Waals surface area contributed by atoms with Gasteiger partial charge in [0.1, 0.15) is 5.58 Å². The Kier molecular flexibility index (Phi) is 12.6. The summed E-state index contributed by atoms with van der Waals surface area (Å²) in [5, 5.41) is 3.64. The second kappa shape index (κ2) is 17.5. The number of rotatable bonds is 7. The van der Waals surface area contributed by atoms with Crippen LogP contribution in [-0.2, 0) is 25.5 Å². The van der Waals surface area contributed by atoms with Crippen molar-refractivity contribution in [1.29, 1.82) is 0 Å². The number of benzene rings is 6. The number of nitrogens with zero attached hydrogens (tertiary/aromatic N) is 3. The molecule has 0 spiro atoms. The number of imidazole rings is 1. The third kappa shape index (κ3) is 8.86. The minimum atomic E-state index is -1.36. The molecule has 9 aromatic rings. The Bertz CT molecular complexity index is 2950. The Labute approximate surface area is 376 Å². The summed E-state index contributed by atoms with van der Waals surface area (Å²) in [5.74, 6) is 1.88. The zero-order chi connectivity index (χ0) is 42.3. The molecule has 0 saturated carbocycles. The smallest absolute Gasteiger partial charge is 0.120 e. The Morgan fingerprint density at radius 2 is 1.44 bits per heavy atom. The first kappa shape index (κ1) is 43.7. The molecule has 6 aromatic carbocycles. The third-order valence-corrected chi connectivity index (χ3v) is 13.5. The molecule has 9 rings (SSSR count). The van der Waals surface area contributed by atoms with Gasteiger partial charge in [-0.05, 0) is 63.7 Å². The second-order valence-corrected chi connectivity index (χ2v) is 23.6. The average molecular weight is 994 g/mol. The molecule has 0 unspecified atom stereocenters. The normalized spacial score (nSPS) is 11.9. The van der Waals surface area contributed by atoms with Crippen molar-refractivity contribution in [2.24, 2.45) is 0 Å². The molecule has 0 amide bonds. The van der Waals surface area contributed by atoms with E-state index in [-0.39, 0.29) is 25.5 Å². The van der Waals surface area contributed by atoms with Crippen LogP contribution in [0, 0.1) is 12.1 Å². The molecule has 0 aliphatic carbocycles. The number of para-hydroxylation sites is 3. The Hall–Kier alpha value is -5.39. The molecule has 1 radical (unpaired) electrons. The van der Waals surface area contributed by atoms with Crippen LogP contribution in [-0.4, -0.2) is 22.6 Å². The van der Waals surface area contributed by atoms with Gasteiger partial charge in [-0.2, -0.15) is 0 Å². The molecule has 3 aromatic heterocycles. The molecule has 0 atom stereocenters. The van der Waals surface area contributed by atoms with Crippen molar-refractivity contribution in [3.63, 3.8) is 0 Å². The predicted octanol–water partition coefficient (Wildman–Crippen LogP) is 14.7. The van der Waals surface area contributed by atoms with Crippen molar-refractivity contribution in [3.8, 4) is 39.5 Å². The molecular formula is C55H55IrN3OSi-2. The van der Waals surface area contributed by atoms with Gasteiger partial charge in [-0.25, -0.2) is 0 Å². The molecule has 0 saturated heterocycles. The van der Waals surface area contributed by atoms with E-state index in [9.17, 15) is 0 Å². The van der Waals surface area contributed by atoms with Gasteiger partial charge in [0.15, 0.2) is 0 Å². The van der Waals surface area contributed by atoms with E-state index in [1.807, 2.05) is 30.3 Å². The fourth-order valence-electron chi connectivity index (χ4n) is 8.02. The molecule has 0 bridgehead atoms. The molecule has 0 aliphatic heterocycles. The summed E-state index contributed by atoms with van der Waals surface area (Å²) < 4.78 is 8.69. The van der Waals surface area contributed by atoms with Crippen molar-refractivity contribution in [3.05, 3.63) is 168 Å². The number of hydrogen-bond acceptors (Lipinski definition) is 3. The monoisotopic (exact) mass is 994 g/mol. The van der Waals surface area contributed by atoms with E-state index in [1.54, 1.807) is 0 Å². The minimum Gasteiger partial charge on any atom is -0.501 e. The SMILES string of the molecule is CC(C)(C)c1ccc(-n2c(-c3[c-]ccc4c3oc3ccccc34)nc3ccccc32)c(-c2ccccc2)c1.CC(C)c1c[c-]c(-c2cc(C(C)C)c([Si](C)(C)C)cn2)cc1.[Ir]. The summed E-state index contributed by atoms with van der Waals surface area (Å²) in [6.07, 6.45) is 2.11. The number of aromatic nitrogens is 3. The molecule has 6 heteroatoms. The maximum Gasteiger partial charge on any atom is 0.120 e. The fourth-order valence-corrected chi connectivity index (χ4v) is 9.70. The third-order valence-electron chi connectivity index (χ3n) is 11.5. The van der Waals surface area contributed by atoms with Crippen LogP contribution in [0.3, 0.4) is 0 Å². The van der Waals surface area contributed by atoms with E-state index >= 15 is 0 Å². The molecular weight excluding hydrogens is 939 g/mol. The van der Waals surface area contributed by atoms with Crippen molar-refractivity contribution in [2.45, 2.75) is 85.4 Å². The van der Waals surface area contributed by atoms with Crippen molar-refractivity contribution < 1.29 is 24.5 Å². The van der Waals surface area contributed by atoms with Gasteiger partial charge in [-0.15, -0.1) is 53.6 Å². The standard InChI is InChI=1S/C35H27N2O.C20H28NSi.Ir/c1-35(2,3)24-20-21-30(28(22-24)23-12-5-4-6-13-23)37-31-18-9-8-17-29(31)36-34(37)27-16-11-15-26-25-14-7-10-19-32(25)38-33(26)27;1-14(2)16-8-10-17(11-9-16)19-12-18(15(3)4)20(13-21-19)22(5,6)7;/h4-15,17-22H,1-3H3;8-10,12-15H,1-7H3;/q2*-1;. The first-order valence-electron chi connectivity index (χ1n) is 21.2. The van der Waals surface area contributed by atoms with Crippen LogP contribution in [0.5, 0.6) is 0 Å². The Morgan fingerprint density at radius 3 is 2.13 bits per heavy atom. The predicted molar refractivity (Wildman–Crippen MR) is 256 cm³/mol. The number of pyridine rings is 1. The van der Waals surface area contributed by atoms with Gasteiger partial charge < -0.3 is 14.0 Å². The van der Waals surface area contributed by atoms with Gasteiger partial charge >= 0.3 is 0 Å². The van der Waals surface area contributed by atoms with Crippen molar-refractivity contribution in [2.75, 3.05) is 0 Å². The average Bonchev–Trinajstić information content (AvgIpc) is 3.82. The van der Waals surface area contributed by atoms with E-state index in [0.29, 0.717) is 11.8 Å². The molecule has 4 nitrogen and oxygen atoms in total. The van der Waals surface area contributed by atoms with Crippen LogP contribution in [0.15, 0.2) is 144 Å². The minimum absolute atomic E-state index is 0. The van der Waals surface area contributed by atoms with Gasteiger partial charge in [-0.3, -0.25) is 4.98 Å². The van der Waals surface area contributed by atoms with E-state index in [4.69, 9.17) is 14.4 Å². The van der Waals surface area contributed by atoms with Crippen LogP contribution in [0.2, 0.25) is 19.6 Å². The van der Waals surface area contributed by atoms with Gasteiger partial charge in [0.25, 0.3) is 0 Å². The molecule has 311 valence electrons. The Balaban J connectivity index is 0.000000210. The molecule has 0 aliphatic rings. The summed E-state index contributed by atoms with van der Waals surface area (Å²) in [6.45, 7) is 22.9. The van der Waals surface area contributed by atoms with E-state index in [0.717, 1.165) is 61.3 Å². The summed E-state index contributed by atoms with van der Waals surface area (Å²) in [5.41, 5.74) is 14.1. The quantitative estimate of drug-likeness (QED) is 0.118. The molecule has 3 heterocycles. The van der Waals surface area contributed by atoms with E-state index in [1.165, 1.54) is 33.0 Å². The summed E-state index contributed by atoms with van der Waals surface area (Å²) in [6, 6.07) is 53.6. The van der Waals surface area contributed by atoms with Gasteiger partial charge in [0.2, 0.25) is 0 Å².